The zero-order valence-electron chi connectivity index (χ0n) is 8.43. The smallest absolute Gasteiger partial charge is 0.00644 e. The third kappa shape index (κ3) is 1.67. The molecule has 0 atom stereocenters. The Hall–Kier alpha value is -1.04. The maximum absolute atomic E-state index is 2.34. The molecule has 68 valence electrons. The first-order chi connectivity index (χ1) is 6.29. The van der Waals surface area contributed by atoms with Crippen molar-refractivity contribution in [3.8, 4) is 0 Å². The Kier molecular flexibility index (Phi) is 2.22. The monoisotopic (exact) mass is 172 g/mol. The van der Waals surface area contributed by atoms with Crippen molar-refractivity contribution < 1.29 is 0 Å². The van der Waals surface area contributed by atoms with E-state index >= 15 is 0 Å². The van der Waals surface area contributed by atoms with Crippen molar-refractivity contribution in [2.24, 2.45) is 0 Å². The Morgan fingerprint density at radius 2 is 2.00 bits per heavy atom. The lowest BCUT2D eigenvalue weighted by Crippen LogP contribution is -2.05. The van der Waals surface area contributed by atoms with Crippen LogP contribution in [-0.4, -0.2) is 0 Å². The van der Waals surface area contributed by atoms with E-state index in [9.17, 15) is 0 Å². The van der Waals surface area contributed by atoms with Gasteiger partial charge in [-0.05, 0) is 44.2 Å². The molecule has 0 amide bonds. The van der Waals surface area contributed by atoms with Gasteiger partial charge in [0.15, 0.2) is 0 Å². The zero-order valence-corrected chi connectivity index (χ0v) is 8.43. The summed E-state index contributed by atoms with van der Waals surface area (Å²) in [5, 5.41) is 0. The molecule has 0 fully saturated rings. The first-order valence-electron chi connectivity index (χ1n) is 5.02. The molecule has 0 unspecified atom stereocenters. The molecule has 1 aromatic carbocycles. The van der Waals surface area contributed by atoms with Crippen molar-refractivity contribution in [3.63, 3.8) is 0 Å². The molecule has 1 aliphatic rings. The SMILES string of the molecule is CC=C1CCc2cc(C)ccc2C1. The molecule has 0 spiro atoms. The summed E-state index contributed by atoms with van der Waals surface area (Å²) in [7, 11) is 0. The summed E-state index contributed by atoms with van der Waals surface area (Å²) in [6, 6.07) is 6.84. The van der Waals surface area contributed by atoms with Crippen molar-refractivity contribution in [1.82, 2.24) is 0 Å². The molecule has 0 aromatic heterocycles. The van der Waals surface area contributed by atoms with Gasteiger partial charge in [-0.1, -0.05) is 35.4 Å². The molecule has 2 rings (SSSR count). The standard InChI is InChI=1S/C13H16/c1-3-11-5-7-12-8-10(2)4-6-13(12)9-11/h3-4,6,8H,5,7,9H2,1-2H3. The summed E-state index contributed by atoms with van der Waals surface area (Å²) in [5.41, 5.74) is 6.08. The van der Waals surface area contributed by atoms with Crippen molar-refractivity contribution in [2.75, 3.05) is 0 Å². The summed E-state index contributed by atoms with van der Waals surface area (Å²) in [4.78, 5) is 0. The van der Waals surface area contributed by atoms with Gasteiger partial charge in [0.05, 0.1) is 0 Å². The average molecular weight is 172 g/mol. The Labute approximate surface area is 80.3 Å². The fraction of sp³-hybridized carbons (Fsp3) is 0.385. The van der Waals surface area contributed by atoms with Gasteiger partial charge < -0.3 is 0 Å². The first kappa shape index (κ1) is 8.55. The van der Waals surface area contributed by atoms with Crippen molar-refractivity contribution in [2.45, 2.75) is 33.1 Å². The van der Waals surface area contributed by atoms with Crippen LogP contribution in [0, 0.1) is 6.92 Å². The quantitative estimate of drug-likeness (QED) is 0.526. The number of hydrogen-bond acceptors (Lipinski definition) is 0. The Morgan fingerprint density at radius 1 is 1.15 bits per heavy atom. The lowest BCUT2D eigenvalue weighted by molar-refractivity contribution is 0.832. The third-order valence-corrected chi connectivity index (χ3v) is 2.90. The lowest BCUT2D eigenvalue weighted by atomic mass is 9.87. The summed E-state index contributed by atoms with van der Waals surface area (Å²) in [5.74, 6) is 0. The molecule has 0 radical (unpaired) electrons. The Bertz CT molecular complexity index is 345. The molecule has 13 heavy (non-hydrogen) atoms. The molecule has 0 heteroatoms. The number of hydrogen-bond donors (Lipinski definition) is 0. The predicted molar refractivity (Wildman–Crippen MR) is 57.0 cm³/mol. The molecule has 0 nitrogen and oxygen atoms in total. The largest absolute Gasteiger partial charge is 0.0881 e. The van der Waals surface area contributed by atoms with E-state index in [0.29, 0.717) is 0 Å². The van der Waals surface area contributed by atoms with E-state index in [0.717, 1.165) is 0 Å². The summed E-state index contributed by atoms with van der Waals surface area (Å²) in [6.45, 7) is 4.32. The topological polar surface area (TPSA) is 0 Å². The molecule has 0 saturated carbocycles. The van der Waals surface area contributed by atoms with E-state index in [4.69, 9.17) is 0 Å². The van der Waals surface area contributed by atoms with Gasteiger partial charge in [0.2, 0.25) is 0 Å². The van der Waals surface area contributed by atoms with Gasteiger partial charge in [-0.2, -0.15) is 0 Å². The van der Waals surface area contributed by atoms with E-state index in [1.807, 2.05) is 0 Å². The minimum atomic E-state index is 1.17. The van der Waals surface area contributed by atoms with Crippen LogP contribution in [0.15, 0.2) is 29.8 Å². The summed E-state index contributed by atoms with van der Waals surface area (Å²) >= 11 is 0. The van der Waals surface area contributed by atoms with Gasteiger partial charge in [-0.3, -0.25) is 0 Å². The number of allylic oxidation sites excluding steroid dienone is 2. The van der Waals surface area contributed by atoms with Crippen LogP contribution in [-0.2, 0) is 12.8 Å². The third-order valence-electron chi connectivity index (χ3n) is 2.90. The Balaban J connectivity index is 2.37. The van der Waals surface area contributed by atoms with Crippen LogP contribution in [0.2, 0.25) is 0 Å². The molecule has 1 aromatic rings. The highest BCUT2D eigenvalue weighted by Crippen LogP contribution is 2.25. The summed E-state index contributed by atoms with van der Waals surface area (Å²) in [6.07, 6.45) is 5.93. The van der Waals surface area contributed by atoms with Crippen LogP contribution in [0.5, 0.6) is 0 Å². The number of benzene rings is 1. The molecule has 0 bridgehead atoms. The predicted octanol–water partition coefficient (Wildman–Crippen LogP) is 3.43. The second-order valence-electron chi connectivity index (χ2n) is 3.90. The molecular weight excluding hydrogens is 156 g/mol. The first-order valence-corrected chi connectivity index (χ1v) is 5.02. The van der Waals surface area contributed by atoms with E-state index in [2.05, 4.69) is 38.1 Å². The van der Waals surface area contributed by atoms with Gasteiger partial charge >= 0.3 is 0 Å². The van der Waals surface area contributed by atoms with Crippen molar-refractivity contribution >= 4 is 0 Å². The molecular formula is C13H16. The molecule has 0 saturated heterocycles. The van der Waals surface area contributed by atoms with Crippen LogP contribution in [0.4, 0.5) is 0 Å². The maximum atomic E-state index is 2.34. The lowest BCUT2D eigenvalue weighted by Gasteiger charge is -2.18. The van der Waals surface area contributed by atoms with Crippen molar-refractivity contribution in [3.05, 3.63) is 46.5 Å². The van der Waals surface area contributed by atoms with E-state index in [1.165, 1.54) is 30.4 Å². The highest BCUT2D eigenvalue weighted by molar-refractivity contribution is 5.37. The van der Waals surface area contributed by atoms with Crippen LogP contribution >= 0.6 is 0 Å². The van der Waals surface area contributed by atoms with Gasteiger partial charge in [0.1, 0.15) is 0 Å². The Morgan fingerprint density at radius 3 is 2.77 bits per heavy atom. The number of aryl methyl sites for hydroxylation is 2. The minimum absolute atomic E-state index is 1.17. The second kappa shape index (κ2) is 3.37. The number of rotatable bonds is 0. The highest BCUT2D eigenvalue weighted by atomic mass is 14.2. The van der Waals surface area contributed by atoms with Crippen LogP contribution in [0.1, 0.15) is 30.0 Å². The van der Waals surface area contributed by atoms with Gasteiger partial charge in [-0.15, -0.1) is 0 Å². The van der Waals surface area contributed by atoms with Gasteiger partial charge in [0.25, 0.3) is 0 Å². The van der Waals surface area contributed by atoms with Gasteiger partial charge in [-0.25, -0.2) is 0 Å². The molecule has 1 aliphatic carbocycles. The van der Waals surface area contributed by atoms with E-state index < -0.39 is 0 Å². The molecule has 0 heterocycles. The van der Waals surface area contributed by atoms with Crippen LogP contribution in [0.3, 0.4) is 0 Å². The number of fused-ring (bicyclic) bond motifs is 1. The fourth-order valence-corrected chi connectivity index (χ4v) is 2.03. The average Bonchev–Trinajstić information content (AvgIpc) is 2.17. The van der Waals surface area contributed by atoms with Gasteiger partial charge in [0, 0.05) is 0 Å². The highest BCUT2D eigenvalue weighted by Gasteiger charge is 2.11. The fourth-order valence-electron chi connectivity index (χ4n) is 2.03. The van der Waals surface area contributed by atoms with E-state index in [-0.39, 0.29) is 0 Å². The van der Waals surface area contributed by atoms with E-state index in [1.54, 1.807) is 11.1 Å². The molecule has 0 N–H and O–H groups in total. The second-order valence-corrected chi connectivity index (χ2v) is 3.90. The normalized spacial score (nSPS) is 18.8. The van der Waals surface area contributed by atoms with Crippen LogP contribution < -0.4 is 0 Å². The maximum Gasteiger partial charge on any atom is -0.00644 e. The summed E-state index contributed by atoms with van der Waals surface area (Å²) < 4.78 is 0. The zero-order chi connectivity index (χ0) is 9.26. The molecule has 0 aliphatic heterocycles. The van der Waals surface area contributed by atoms with Crippen LogP contribution in [0.25, 0.3) is 0 Å². The minimum Gasteiger partial charge on any atom is -0.0881 e. The van der Waals surface area contributed by atoms with Crippen molar-refractivity contribution in [1.29, 1.82) is 0 Å².